The molecule has 1 aromatic heterocycles. The molecular formula is C13H15N3O. The summed E-state index contributed by atoms with van der Waals surface area (Å²) >= 11 is 0. The van der Waals surface area contributed by atoms with E-state index < -0.39 is 0 Å². The second-order valence-electron chi connectivity index (χ2n) is 4.14. The SMILES string of the molecule is CC(C)c1ccccc1NC(=O)n1ccnc1. The van der Waals surface area contributed by atoms with Crippen molar-refractivity contribution in [2.75, 3.05) is 5.32 Å². The zero-order valence-corrected chi connectivity index (χ0v) is 9.92. The van der Waals surface area contributed by atoms with Crippen molar-refractivity contribution in [1.82, 2.24) is 9.55 Å². The van der Waals surface area contributed by atoms with E-state index in [4.69, 9.17) is 0 Å². The van der Waals surface area contributed by atoms with Gasteiger partial charge in [0, 0.05) is 18.1 Å². The van der Waals surface area contributed by atoms with Crippen LogP contribution in [0.15, 0.2) is 43.0 Å². The molecule has 88 valence electrons. The van der Waals surface area contributed by atoms with E-state index in [1.54, 1.807) is 12.4 Å². The van der Waals surface area contributed by atoms with Gasteiger partial charge in [0.1, 0.15) is 6.33 Å². The van der Waals surface area contributed by atoms with Crippen LogP contribution in [0.2, 0.25) is 0 Å². The monoisotopic (exact) mass is 229 g/mol. The largest absolute Gasteiger partial charge is 0.331 e. The summed E-state index contributed by atoms with van der Waals surface area (Å²) in [5, 5.41) is 2.88. The van der Waals surface area contributed by atoms with Gasteiger partial charge in [0.25, 0.3) is 0 Å². The van der Waals surface area contributed by atoms with Crippen molar-refractivity contribution in [3.63, 3.8) is 0 Å². The van der Waals surface area contributed by atoms with E-state index in [1.807, 2.05) is 24.3 Å². The standard InChI is InChI=1S/C13H15N3O/c1-10(2)11-5-3-4-6-12(11)15-13(17)16-8-7-14-9-16/h3-10H,1-2H3,(H,15,17). The molecule has 1 N–H and O–H groups in total. The second kappa shape index (κ2) is 4.82. The molecule has 0 saturated heterocycles. The predicted octanol–water partition coefficient (Wildman–Crippen LogP) is 3.09. The first-order valence-corrected chi connectivity index (χ1v) is 5.56. The molecule has 0 fully saturated rings. The molecule has 0 aliphatic carbocycles. The van der Waals surface area contributed by atoms with Crippen LogP contribution in [0, 0.1) is 0 Å². The number of hydrogen-bond acceptors (Lipinski definition) is 2. The molecule has 0 aliphatic heterocycles. The average Bonchev–Trinajstić information content (AvgIpc) is 2.83. The molecule has 2 aromatic rings. The fourth-order valence-corrected chi connectivity index (χ4v) is 1.67. The molecule has 1 amide bonds. The van der Waals surface area contributed by atoms with E-state index in [0.717, 1.165) is 11.3 Å². The van der Waals surface area contributed by atoms with Gasteiger partial charge in [-0.15, -0.1) is 0 Å². The van der Waals surface area contributed by atoms with E-state index in [9.17, 15) is 4.79 Å². The topological polar surface area (TPSA) is 46.9 Å². The van der Waals surface area contributed by atoms with Gasteiger partial charge in [0.15, 0.2) is 0 Å². The van der Waals surface area contributed by atoms with Crippen molar-refractivity contribution < 1.29 is 4.79 Å². The number of carbonyl (C=O) groups excluding carboxylic acids is 1. The van der Waals surface area contributed by atoms with Gasteiger partial charge in [-0.2, -0.15) is 0 Å². The van der Waals surface area contributed by atoms with Crippen LogP contribution >= 0.6 is 0 Å². The number of benzene rings is 1. The Hall–Kier alpha value is -2.10. The number of imidazole rings is 1. The van der Waals surface area contributed by atoms with Gasteiger partial charge in [-0.05, 0) is 17.5 Å². The molecule has 0 radical (unpaired) electrons. The van der Waals surface area contributed by atoms with E-state index in [-0.39, 0.29) is 6.03 Å². The lowest BCUT2D eigenvalue weighted by molar-refractivity contribution is 0.253. The lowest BCUT2D eigenvalue weighted by Crippen LogP contribution is -2.18. The molecule has 0 spiro atoms. The summed E-state index contributed by atoms with van der Waals surface area (Å²) in [6.45, 7) is 4.20. The Bertz CT molecular complexity index is 503. The fourth-order valence-electron chi connectivity index (χ4n) is 1.67. The minimum atomic E-state index is -0.199. The van der Waals surface area contributed by atoms with Gasteiger partial charge in [0.2, 0.25) is 0 Å². The molecule has 0 atom stereocenters. The van der Waals surface area contributed by atoms with Crippen LogP contribution in [0.25, 0.3) is 0 Å². The van der Waals surface area contributed by atoms with E-state index >= 15 is 0 Å². The lowest BCUT2D eigenvalue weighted by Gasteiger charge is -2.13. The Morgan fingerprint density at radius 1 is 1.35 bits per heavy atom. The van der Waals surface area contributed by atoms with Crippen molar-refractivity contribution in [3.8, 4) is 0 Å². The highest BCUT2D eigenvalue weighted by molar-refractivity contribution is 5.91. The molecule has 0 unspecified atom stereocenters. The zero-order chi connectivity index (χ0) is 12.3. The number of para-hydroxylation sites is 1. The zero-order valence-electron chi connectivity index (χ0n) is 9.92. The lowest BCUT2D eigenvalue weighted by atomic mass is 10.0. The average molecular weight is 229 g/mol. The number of nitrogens with zero attached hydrogens (tertiary/aromatic N) is 2. The Morgan fingerprint density at radius 2 is 2.12 bits per heavy atom. The first-order chi connectivity index (χ1) is 8.18. The number of anilines is 1. The highest BCUT2D eigenvalue weighted by atomic mass is 16.2. The number of amides is 1. The molecule has 0 aliphatic rings. The molecular weight excluding hydrogens is 214 g/mol. The van der Waals surface area contributed by atoms with Crippen molar-refractivity contribution >= 4 is 11.7 Å². The third-order valence-electron chi connectivity index (χ3n) is 2.56. The Labute approximate surface area is 100 Å². The van der Waals surface area contributed by atoms with Gasteiger partial charge >= 0.3 is 6.03 Å². The summed E-state index contributed by atoms with van der Waals surface area (Å²) in [6.07, 6.45) is 4.68. The van der Waals surface area contributed by atoms with Crippen LogP contribution in [0.1, 0.15) is 25.3 Å². The van der Waals surface area contributed by atoms with Crippen LogP contribution in [-0.4, -0.2) is 15.6 Å². The van der Waals surface area contributed by atoms with E-state index in [1.165, 1.54) is 10.9 Å². The maximum absolute atomic E-state index is 11.9. The third-order valence-corrected chi connectivity index (χ3v) is 2.56. The summed E-state index contributed by atoms with van der Waals surface area (Å²) in [6, 6.07) is 7.62. The molecule has 0 bridgehead atoms. The van der Waals surface area contributed by atoms with Crippen molar-refractivity contribution in [2.24, 2.45) is 0 Å². The van der Waals surface area contributed by atoms with Gasteiger partial charge < -0.3 is 5.32 Å². The van der Waals surface area contributed by atoms with Crippen molar-refractivity contribution in [2.45, 2.75) is 19.8 Å². The van der Waals surface area contributed by atoms with Crippen LogP contribution in [-0.2, 0) is 0 Å². The Kier molecular flexibility index (Phi) is 3.23. The molecule has 1 heterocycles. The minimum Gasteiger partial charge on any atom is -0.307 e. The second-order valence-corrected chi connectivity index (χ2v) is 4.14. The van der Waals surface area contributed by atoms with Crippen LogP contribution < -0.4 is 5.32 Å². The minimum absolute atomic E-state index is 0.199. The molecule has 4 heteroatoms. The maximum atomic E-state index is 11.9. The van der Waals surface area contributed by atoms with Crippen LogP contribution in [0.4, 0.5) is 10.5 Å². The van der Waals surface area contributed by atoms with Gasteiger partial charge in [0.05, 0.1) is 0 Å². The highest BCUT2D eigenvalue weighted by Crippen LogP contribution is 2.23. The number of rotatable bonds is 2. The first kappa shape index (κ1) is 11.4. The molecule has 2 rings (SSSR count). The summed E-state index contributed by atoms with van der Waals surface area (Å²) < 4.78 is 1.41. The summed E-state index contributed by atoms with van der Waals surface area (Å²) in [7, 11) is 0. The first-order valence-electron chi connectivity index (χ1n) is 5.56. The smallest absolute Gasteiger partial charge is 0.307 e. The highest BCUT2D eigenvalue weighted by Gasteiger charge is 2.09. The van der Waals surface area contributed by atoms with Gasteiger partial charge in [-0.3, -0.25) is 4.57 Å². The van der Waals surface area contributed by atoms with E-state index in [0.29, 0.717) is 5.92 Å². The third kappa shape index (κ3) is 2.53. The maximum Gasteiger partial charge on any atom is 0.331 e. The number of hydrogen-bond donors (Lipinski definition) is 1. The number of aromatic nitrogens is 2. The van der Waals surface area contributed by atoms with Crippen LogP contribution in [0.5, 0.6) is 0 Å². The number of nitrogens with one attached hydrogen (secondary N) is 1. The molecule has 4 nitrogen and oxygen atoms in total. The van der Waals surface area contributed by atoms with E-state index in [2.05, 4.69) is 24.1 Å². The summed E-state index contributed by atoms with van der Waals surface area (Å²) in [5.41, 5.74) is 1.97. The van der Waals surface area contributed by atoms with Crippen molar-refractivity contribution in [3.05, 3.63) is 48.5 Å². The molecule has 0 saturated carbocycles. The van der Waals surface area contributed by atoms with Gasteiger partial charge in [-0.25, -0.2) is 9.78 Å². The van der Waals surface area contributed by atoms with Gasteiger partial charge in [-0.1, -0.05) is 32.0 Å². The quantitative estimate of drug-likeness (QED) is 0.860. The molecule has 1 aromatic carbocycles. The fraction of sp³-hybridized carbons (Fsp3) is 0.231. The Morgan fingerprint density at radius 3 is 2.76 bits per heavy atom. The predicted molar refractivity (Wildman–Crippen MR) is 67.2 cm³/mol. The number of carbonyl (C=O) groups is 1. The normalized spacial score (nSPS) is 10.5. The van der Waals surface area contributed by atoms with Crippen LogP contribution in [0.3, 0.4) is 0 Å². The Balaban J connectivity index is 2.22. The summed E-state index contributed by atoms with van der Waals surface area (Å²) in [4.78, 5) is 15.7. The summed E-state index contributed by atoms with van der Waals surface area (Å²) in [5.74, 6) is 0.370. The molecule has 17 heavy (non-hydrogen) atoms. The van der Waals surface area contributed by atoms with Crippen molar-refractivity contribution in [1.29, 1.82) is 0 Å².